The van der Waals surface area contributed by atoms with Crippen molar-refractivity contribution >= 4 is 11.7 Å². The van der Waals surface area contributed by atoms with E-state index in [4.69, 9.17) is 4.74 Å². The highest BCUT2D eigenvalue weighted by molar-refractivity contribution is 6.01. The summed E-state index contributed by atoms with van der Waals surface area (Å²) in [5.74, 6) is 1.28. The van der Waals surface area contributed by atoms with Crippen molar-refractivity contribution in [1.82, 2.24) is 9.97 Å². The minimum Gasteiger partial charge on any atom is -0.488 e. The van der Waals surface area contributed by atoms with E-state index in [1.54, 1.807) is 0 Å². The molecular formula is C21H22N4O. The molecule has 0 unspecified atom stereocenters. The summed E-state index contributed by atoms with van der Waals surface area (Å²) in [5, 5.41) is 4.42. The number of nitrogens with zero attached hydrogens (tertiary/aromatic N) is 3. The molecule has 0 amide bonds. The number of hydrogen-bond donors (Lipinski definition) is 1. The Balaban J connectivity index is 1.75. The Morgan fingerprint density at radius 1 is 0.962 bits per heavy atom. The molecule has 26 heavy (non-hydrogen) atoms. The van der Waals surface area contributed by atoms with Gasteiger partial charge in [-0.05, 0) is 44.5 Å². The number of rotatable bonds is 6. The monoisotopic (exact) mass is 346 g/mol. The van der Waals surface area contributed by atoms with Crippen LogP contribution >= 0.6 is 0 Å². The molecule has 0 aliphatic carbocycles. The van der Waals surface area contributed by atoms with Crippen LogP contribution in [0.1, 0.15) is 29.4 Å². The highest BCUT2D eigenvalue weighted by atomic mass is 16.5. The van der Waals surface area contributed by atoms with E-state index in [1.807, 2.05) is 81.4 Å². The van der Waals surface area contributed by atoms with E-state index in [9.17, 15) is 0 Å². The predicted octanol–water partition coefficient (Wildman–Crippen LogP) is 4.51. The molecule has 3 rings (SSSR count). The molecule has 132 valence electrons. The Bertz CT molecular complexity index is 887. The number of benzene rings is 2. The quantitative estimate of drug-likeness (QED) is 0.527. The zero-order valence-electron chi connectivity index (χ0n) is 15.2. The van der Waals surface area contributed by atoms with E-state index in [0.717, 1.165) is 34.0 Å². The van der Waals surface area contributed by atoms with Crippen molar-refractivity contribution in [3.8, 4) is 5.75 Å². The first-order valence-electron chi connectivity index (χ1n) is 8.50. The highest BCUT2D eigenvalue weighted by Crippen LogP contribution is 2.20. The molecular weight excluding hydrogens is 324 g/mol. The summed E-state index contributed by atoms with van der Waals surface area (Å²) < 4.78 is 5.99. The Labute approximate surface area is 153 Å². The van der Waals surface area contributed by atoms with Gasteiger partial charge in [-0.2, -0.15) is 5.10 Å². The first-order valence-corrected chi connectivity index (χ1v) is 8.50. The Morgan fingerprint density at radius 3 is 2.35 bits per heavy atom. The van der Waals surface area contributed by atoms with E-state index < -0.39 is 0 Å². The van der Waals surface area contributed by atoms with Gasteiger partial charge in [0, 0.05) is 17.0 Å². The van der Waals surface area contributed by atoms with Crippen LogP contribution in [0.15, 0.2) is 65.8 Å². The molecule has 0 spiro atoms. The van der Waals surface area contributed by atoms with Gasteiger partial charge in [0.15, 0.2) is 0 Å². The Kier molecular flexibility index (Phi) is 5.59. The summed E-state index contributed by atoms with van der Waals surface area (Å²) in [7, 11) is 0. The molecule has 0 bridgehead atoms. The van der Waals surface area contributed by atoms with Crippen LogP contribution in [0.25, 0.3) is 0 Å². The van der Waals surface area contributed by atoms with E-state index in [2.05, 4.69) is 20.5 Å². The molecule has 0 radical (unpaired) electrons. The minimum absolute atomic E-state index is 0.490. The summed E-state index contributed by atoms with van der Waals surface area (Å²) in [6, 6.07) is 19.9. The number of aryl methyl sites for hydroxylation is 2. The van der Waals surface area contributed by atoms with Crippen molar-refractivity contribution in [2.75, 3.05) is 5.43 Å². The first kappa shape index (κ1) is 17.6. The number of aromatic nitrogens is 2. The number of ether oxygens (including phenoxy) is 1. The van der Waals surface area contributed by atoms with E-state index in [1.165, 1.54) is 0 Å². The van der Waals surface area contributed by atoms with E-state index in [0.29, 0.717) is 12.6 Å². The maximum absolute atomic E-state index is 5.99. The van der Waals surface area contributed by atoms with Gasteiger partial charge in [0.2, 0.25) is 5.95 Å². The largest absolute Gasteiger partial charge is 0.488 e. The summed E-state index contributed by atoms with van der Waals surface area (Å²) in [6.07, 6.45) is 0. The van der Waals surface area contributed by atoms with Crippen LogP contribution in [-0.4, -0.2) is 15.7 Å². The summed E-state index contributed by atoms with van der Waals surface area (Å²) in [5.41, 5.74) is 7.60. The van der Waals surface area contributed by atoms with Crippen molar-refractivity contribution < 1.29 is 4.74 Å². The van der Waals surface area contributed by atoms with Crippen molar-refractivity contribution in [2.45, 2.75) is 27.4 Å². The summed E-state index contributed by atoms with van der Waals surface area (Å²) >= 11 is 0. The average molecular weight is 346 g/mol. The smallest absolute Gasteiger partial charge is 0.243 e. The average Bonchev–Trinajstić information content (AvgIpc) is 2.65. The van der Waals surface area contributed by atoms with Gasteiger partial charge in [-0.3, -0.25) is 0 Å². The third-order valence-electron chi connectivity index (χ3n) is 3.82. The third kappa shape index (κ3) is 4.66. The molecule has 1 aromatic heterocycles. The van der Waals surface area contributed by atoms with Crippen molar-refractivity contribution in [3.63, 3.8) is 0 Å². The molecule has 0 fully saturated rings. The van der Waals surface area contributed by atoms with Gasteiger partial charge in [-0.1, -0.05) is 42.5 Å². The predicted molar refractivity (Wildman–Crippen MR) is 105 cm³/mol. The molecule has 0 saturated heterocycles. The van der Waals surface area contributed by atoms with Gasteiger partial charge in [0.1, 0.15) is 12.4 Å². The third-order valence-corrected chi connectivity index (χ3v) is 3.82. The van der Waals surface area contributed by atoms with Gasteiger partial charge in [0.25, 0.3) is 0 Å². The Hall–Kier alpha value is -3.21. The zero-order chi connectivity index (χ0) is 18.4. The standard InChI is InChI=1S/C21H22N4O/c1-15-13-16(2)23-21(22-15)25-24-17(3)19-11-7-8-12-20(19)26-14-18-9-5-4-6-10-18/h4-13H,14H2,1-3H3,(H,22,23,25)/b24-17-. The van der Waals surface area contributed by atoms with Gasteiger partial charge in [0.05, 0.1) is 5.71 Å². The second-order valence-corrected chi connectivity index (χ2v) is 6.05. The van der Waals surface area contributed by atoms with Gasteiger partial charge < -0.3 is 4.74 Å². The molecule has 2 aromatic carbocycles. The number of anilines is 1. The fraction of sp³-hybridized carbons (Fsp3) is 0.190. The lowest BCUT2D eigenvalue weighted by Gasteiger charge is -2.11. The topological polar surface area (TPSA) is 59.4 Å². The molecule has 5 heteroatoms. The molecule has 5 nitrogen and oxygen atoms in total. The molecule has 1 heterocycles. The lowest BCUT2D eigenvalue weighted by atomic mass is 10.1. The van der Waals surface area contributed by atoms with Crippen LogP contribution in [0.4, 0.5) is 5.95 Å². The molecule has 0 aliphatic heterocycles. The normalized spacial score (nSPS) is 11.3. The van der Waals surface area contributed by atoms with Crippen LogP contribution < -0.4 is 10.2 Å². The van der Waals surface area contributed by atoms with Gasteiger partial charge in [-0.25, -0.2) is 15.4 Å². The first-order chi connectivity index (χ1) is 12.6. The van der Waals surface area contributed by atoms with Crippen LogP contribution in [0, 0.1) is 13.8 Å². The van der Waals surface area contributed by atoms with Crippen LogP contribution in [0.3, 0.4) is 0 Å². The molecule has 0 atom stereocenters. The van der Waals surface area contributed by atoms with E-state index in [-0.39, 0.29) is 0 Å². The summed E-state index contributed by atoms with van der Waals surface area (Å²) in [4.78, 5) is 8.68. The highest BCUT2D eigenvalue weighted by Gasteiger charge is 2.07. The van der Waals surface area contributed by atoms with Crippen LogP contribution in [0.5, 0.6) is 5.75 Å². The maximum atomic E-state index is 5.99. The maximum Gasteiger partial charge on any atom is 0.243 e. The van der Waals surface area contributed by atoms with Gasteiger partial charge >= 0.3 is 0 Å². The lowest BCUT2D eigenvalue weighted by molar-refractivity contribution is 0.305. The number of nitrogens with one attached hydrogen (secondary N) is 1. The second-order valence-electron chi connectivity index (χ2n) is 6.05. The van der Waals surface area contributed by atoms with Crippen LogP contribution in [0.2, 0.25) is 0 Å². The fourth-order valence-electron chi connectivity index (χ4n) is 2.60. The van der Waals surface area contributed by atoms with Crippen LogP contribution in [-0.2, 0) is 6.61 Å². The summed E-state index contributed by atoms with van der Waals surface area (Å²) in [6.45, 7) is 6.31. The zero-order valence-corrected chi connectivity index (χ0v) is 15.2. The van der Waals surface area contributed by atoms with E-state index >= 15 is 0 Å². The number of hydrazone groups is 1. The number of para-hydroxylation sites is 1. The van der Waals surface area contributed by atoms with Crippen molar-refractivity contribution in [3.05, 3.63) is 83.2 Å². The number of hydrogen-bond acceptors (Lipinski definition) is 5. The SMILES string of the molecule is C/C(=N/Nc1nc(C)cc(C)n1)c1ccccc1OCc1ccccc1. The molecule has 1 N–H and O–H groups in total. The second kappa shape index (κ2) is 8.25. The molecule has 0 aliphatic rings. The minimum atomic E-state index is 0.490. The Morgan fingerprint density at radius 2 is 1.62 bits per heavy atom. The lowest BCUT2D eigenvalue weighted by Crippen LogP contribution is -2.06. The van der Waals surface area contributed by atoms with Crippen molar-refractivity contribution in [2.24, 2.45) is 5.10 Å². The molecule has 3 aromatic rings. The van der Waals surface area contributed by atoms with Gasteiger partial charge in [-0.15, -0.1) is 0 Å². The molecule has 0 saturated carbocycles. The van der Waals surface area contributed by atoms with Crippen molar-refractivity contribution in [1.29, 1.82) is 0 Å². The fourth-order valence-corrected chi connectivity index (χ4v) is 2.60.